The van der Waals surface area contributed by atoms with Crippen LogP contribution in [-0.4, -0.2) is 48.6 Å². The maximum absolute atomic E-state index is 12.4. The molecule has 0 spiro atoms. The Morgan fingerprint density at radius 2 is 2.00 bits per heavy atom. The summed E-state index contributed by atoms with van der Waals surface area (Å²) in [6.45, 7) is 4.46. The Bertz CT molecular complexity index is 337. The van der Waals surface area contributed by atoms with Crippen LogP contribution in [0.4, 0.5) is 0 Å². The Hall–Kier alpha value is -1.10. The molecule has 2 rings (SSSR count). The summed E-state index contributed by atoms with van der Waals surface area (Å²) in [4.78, 5) is 25.9. The van der Waals surface area contributed by atoms with E-state index in [4.69, 9.17) is 4.74 Å². The standard InChI is InChI=1S/C13H22N2O3/c1-8(2)12-13(17)15(5-4-11(16)14-12)9-6-10(7-9)18-3/h8-10,12H,4-7H2,1-3H3,(H,14,16). The lowest BCUT2D eigenvalue weighted by Gasteiger charge is -2.42. The Labute approximate surface area is 108 Å². The summed E-state index contributed by atoms with van der Waals surface area (Å²) in [7, 11) is 1.70. The first-order chi connectivity index (χ1) is 8.52. The van der Waals surface area contributed by atoms with Gasteiger partial charge < -0.3 is 15.0 Å². The summed E-state index contributed by atoms with van der Waals surface area (Å²) >= 11 is 0. The summed E-state index contributed by atoms with van der Waals surface area (Å²) < 4.78 is 5.25. The van der Waals surface area contributed by atoms with Crippen molar-refractivity contribution in [3.8, 4) is 0 Å². The molecule has 1 N–H and O–H groups in total. The average Bonchev–Trinajstić information content (AvgIpc) is 2.40. The van der Waals surface area contributed by atoms with Crippen LogP contribution in [0.3, 0.4) is 0 Å². The molecule has 1 atom stereocenters. The minimum absolute atomic E-state index is 0.0211. The zero-order valence-corrected chi connectivity index (χ0v) is 11.3. The van der Waals surface area contributed by atoms with E-state index in [1.54, 1.807) is 7.11 Å². The molecule has 0 aromatic heterocycles. The summed E-state index contributed by atoms with van der Waals surface area (Å²) in [6, 6.07) is -0.127. The average molecular weight is 254 g/mol. The molecule has 102 valence electrons. The zero-order chi connectivity index (χ0) is 13.3. The maximum Gasteiger partial charge on any atom is 0.245 e. The fourth-order valence-corrected chi connectivity index (χ4v) is 2.62. The smallest absolute Gasteiger partial charge is 0.245 e. The molecule has 2 fully saturated rings. The molecule has 1 heterocycles. The van der Waals surface area contributed by atoms with Gasteiger partial charge in [-0.05, 0) is 18.8 Å². The summed E-state index contributed by atoms with van der Waals surface area (Å²) in [5.41, 5.74) is 0. The Kier molecular flexibility index (Phi) is 3.90. The van der Waals surface area contributed by atoms with Crippen molar-refractivity contribution in [3.05, 3.63) is 0 Å². The van der Waals surface area contributed by atoms with Crippen LogP contribution in [0.15, 0.2) is 0 Å². The monoisotopic (exact) mass is 254 g/mol. The highest BCUT2D eigenvalue weighted by atomic mass is 16.5. The van der Waals surface area contributed by atoms with Gasteiger partial charge in [-0.1, -0.05) is 13.8 Å². The second-order valence-corrected chi connectivity index (χ2v) is 5.55. The molecular weight excluding hydrogens is 232 g/mol. The summed E-state index contributed by atoms with van der Waals surface area (Å²) in [6.07, 6.45) is 2.46. The van der Waals surface area contributed by atoms with E-state index >= 15 is 0 Å². The third-order valence-corrected chi connectivity index (χ3v) is 3.96. The summed E-state index contributed by atoms with van der Waals surface area (Å²) in [5, 5.41) is 2.82. The molecule has 5 nitrogen and oxygen atoms in total. The van der Waals surface area contributed by atoms with Gasteiger partial charge in [-0.25, -0.2) is 0 Å². The molecule has 2 amide bonds. The Morgan fingerprint density at radius 3 is 2.56 bits per heavy atom. The molecule has 5 heteroatoms. The molecule has 1 aliphatic carbocycles. The zero-order valence-electron chi connectivity index (χ0n) is 11.3. The van der Waals surface area contributed by atoms with Crippen LogP contribution < -0.4 is 5.32 Å². The third-order valence-electron chi connectivity index (χ3n) is 3.96. The van der Waals surface area contributed by atoms with Gasteiger partial charge in [0.15, 0.2) is 0 Å². The number of carbonyl (C=O) groups excluding carboxylic acids is 2. The van der Waals surface area contributed by atoms with Gasteiger partial charge >= 0.3 is 0 Å². The van der Waals surface area contributed by atoms with Crippen molar-refractivity contribution in [2.75, 3.05) is 13.7 Å². The SMILES string of the molecule is COC1CC(N2CCC(=O)NC(C(C)C)C2=O)C1. The lowest BCUT2D eigenvalue weighted by atomic mass is 9.87. The number of rotatable bonds is 3. The quantitative estimate of drug-likeness (QED) is 0.799. The topological polar surface area (TPSA) is 58.6 Å². The molecule has 0 aromatic carbocycles. The summed E-state index contributed by atoms with van der Waals surface area (Å²) in [5.74, 6) is 0.169. The van der Waals surface area contributed by atoms with Crippen LogP contribution in [0.1, 0.15) is 33.1 Å². The minimum Gasteiger partial charge on any atom is -0.381 e. The second kappa shape index (κ2) is 5.26. The molecule has 1 unspecified atom stereocenters. The Balaban J connectivity index is 2.05. The molecule has 18 heavy (non-hydrogen) atoms. The first-order valence-electron chi connectivity index (χ1n) is 6.65. The van der Waals surface area contributed by atoms with Gasteiger partial charge in [-0.15, -0.1) is 0 Å². The number of methoxy groups -OCH3 is 1. The number of ether oxygens (including phenoxy) is 1. The fraction of sp³-hybridized carbons (Fsp3) is 0.846. The number of nitrogens with zero attached hydrogens (tertiary/aromatic N) is 1. The normalized spacial score (nSPS) is 33.1. The van der Waals surface area contributed by atoms with Crippen molar-refractivity contribution < 1.29 is 14.3 Å². The largest absolute Gasteiger partial charge is 0.381 e. The molecule has 1 aliphatic heterocycles. The first-order valence-corrected chi connectivity index (χ1v) is 6.65. The lowest BCUT2D eigenvalue weighted by Crippen LogP contribution is -2.55. The van der Waals surface area contributed by atoms with Gasteiger partial charge in [-0.3, -0.25) is 9.59 Å². The van der Waals surface area contributed by atoms with Gasteiger partial charge in [0.2, 0.25) is 11.8 Å². The van der Waals surface area contributed by atoms with Crippen molar-refractivity contribution in [3.63, 3.8) is 0 Å². The number of amides is 2. The van der Waals surface area contributed by atoms with E-state index < -0.39 is 0 Å². The van der Waals surface area contributed by atoms with Gasteiger partial charge in [-0.2, -0.15) is 0 Å². The van der Waals surface area contributed by atoms with Crippen molar-refractivity contribution in [1.29, 1.82) is 0 Å². The molecular formula is C13H22N2O3. The predicted molar refractivity (Wildman–Crippen MR) is 66.9 cm³/mol. The molecule has 0 radical (unpaired) electrons. The van der Waals surface area contributed by atoms with E-state index in [2.05, 4.69) is 5.32 Å². The number of hydrogen-bond acceptors (Lipinski definition) is 3. The number of carbonyl (C=O) groups is 2. The van der Waals surface area contributed by atoms with Crippen molar-refractivity contribution in [2.24, 2.45) is 5.92 Å². The van der Waals surface area contributed by atoms with Crippen molar-refractivity contribution in [2.45, 2.75) is 51.3 Å². The molecule has 1 saturated heterocycles. The van der Waals surface area contributed by atoms with E-state index in [1.807, 2.05) is 18.7 Å². The van der Waals surface area contributed by atoms with E-state index in [9.17, 15) is 9.59 Å². The highest BCUT2D eigenvalue weighted by Gasteiger charge is 2.40. The van der Waals surface area contributed by atoms with Crippen molar-refractivity contribution in [1.82, 2.24) is 10.2 Å². The number of hydrogen-bond donors (Lipinski definition) is 1. The molecule has 2 aliphatic rings. The first kappa shape index (κ1) is 13.3. The molecule has 0 bridgehead atoms. The van der Waals surface area contributed by atoms with E-state index in [0.717, 1.165) is 12.8 Å². The van der Waals surface area contributed by atoms with Gasteiger partial charge in [0.1, 0.15) is 6.04 Å². The van der Waals surface area contributed by atoms with Crippen LogP contribution in [0.5, 0.6) is 0 Å². The van der Waals surface area contributed by atoms with Crippen LogP contribution in [-0.2, 0) is 14.3 Å². The van der Waals surface area contributed by atoms with Gasteiger partial charge in [0.25, 0.3) is 0 Å². The van der Waals surface area contributed by atoms with Crippen LogP contribution in [0.25, 0.3) is 0 Å². The molecule has 0 aromatic rings. The van der Waals surface area contributed by atoms with Gasteiger partial charge in [0, 0.05) is 26.1 Å². The van der Waals surface area contributed by atoms with Crippen LogP contribution in [0.2, 0.25) is 0 Å². The van der Waals surface area contributed by atoms with E-state index in [-0.39, 0.29) is 35.9 Å². The van der Waals surface area contributed by atoms with Crippen molar-refractivity contribution >= 4 is 11.8 Å². The fourth-order valence-electron chi connectivity index (χ4n) is 2.62. The second-order valence-electron chi connectivity index (χ2n) is 5.55. The van der Waals surface area contributed by atoms with E-state index in [1.165, 1.54) is 0 Å². The van der Waals surface area contributed by atoms with Gasteiger partial charge in [0.05, 0.1) is 6.10 Å². The minimum atomic E-state index is -0.374. The highest BCUT2D eigenvalue weighted by molar-refractivity contribution is 5.90. The lowest BCUT2D eigenvalue weighted by molar-refractivity contribution is -0.141. The third kappa shape index (κ3) is 2.51. The van der Waals surface area contributed by atoms with Crippen LogP contribution >= 0.6 is 0 Å². The van der Waals surface area contributed by atoms with E-state index in [0.29, 0.717) is 13.0 Å². The Morgan fingerprint density at radius 1 is 1.33 bits per heavy atom. The predicted octanol–water partition coefficient (Wildman–Crippen LogP) is 0.537. The number of nitrogens with one attached hydrogen (secondary N) is 1. The molecule has 1 saturated carbocycles. The van der Waals surface area contributed by atoms with Crippen LogP contribution in [0, 0.1) is 5.92 Å². The highest BCUT2D eigenvalue weighted by Crippen LogP contribution is 2.29. The maximum atomic E-state index is 12.4.